The molecule has 0 radical (unpaired) electrons. The molecule has 1 unspecified atom stereocenters. The minimum Gasteiger partial charge on any atom is -0.481 e. The van der Waals surface area contributed by atoms with Gasteiger partial charge in [-0.05, 0) is 13.8 Å². The molecule has 14 heavy (non-hydrogen) atoms. The molecule has 0 saturated heterocycles. The third-order valence-electron chi connectivity index (χ3n) is 2.31. The maximum atomic E-state index is 10.5. The van der Waals surface area contributed by atoms with Crippen molar-refractivity contribution in [1.82, 2.24) is 10.2 Å². The molecule has 1 heterocycles. The number of nitrogens with one attached hydrogen (secondary N) is 1. The van der Waals surface area contributed by atoms with Gasteiger partial charge < -0.3 is 10.0 Å². The smallest absolute Gasteiger partial charge is 0.305 e. The molecule has 78 valence electrons. The number of aliphatic carboxylic acids is 1. The molecule has 0 aliphatic heterocycles. The van der Waals surface area contributed by atoms with Crippen LogP contribution in [0.25, 0.3) is 0 Å². The van der Waals surface area contributed by atoms with Crippen LogP contribution < -0.4 is 4.90 Å². The predicted octanol–water partition coefficient (Wildman–Crippen LogP) is 1.02. The Hall–Kier alpha value is -1.52. The topological polar surface area (TPSA) is 69.2 Å². The highest BCUT2D eigenvalue weighted by atomic mass is 16.4. The van der Waals surface area contributed by atoms with Gasteiger partial charge in [-0.1, -0.05) is 0 Å². The summed E-state index contributed by atoms with van der Waals surface area (Å²) >= 11 is 0. The number of hydrogen-bond acceptors (Lipinski definition) is 3. The summed E-state index contributed by atoms with van der Waals surface area (Å²) < 4.78 is 0. The van der Waals surface area contributed by atoms with E-state index in [1.807, 2.05) is 25.8 Å². The van der Waals surface area contributed by atoms with Gasteiger partial charge in [-0.25, -0.2) is 0 Å². The molecule has 0 bridgehead atoms. The van der Waals surface area contributed by atoms with Crippen molar-refractivity contribution in [2.24, 2.45) is 0 Å². The first kappa shape index (κ1) is 10.6. The monoisotopic (exact) mass is 197 g/mol. The van der Waals surface area contributed by atoms with E-state index in [2.05, 4.69) is 10.2 Å². The van der Waals surface area contributed by atoms with E-state index < -0.39 is 5.97 Å². The van der Waals surface area contributed by atoms with E-state index in [4.69, 9.17) is 5.11 Å². The van der Waals surface area contributed by atoms with Crippen molar-refractivity contribution >= 4 is 11.7 Å². The van der Waals surface area contributed by atoms with Crippen LogP contribution in [0, 0.1) is 6.92 Å². The lowest BCUT2D eigenvalue weighted by atomic mass is 10.2. The largest absolute Gasteiger partial charge is 0.481 e. The Morgan fingerprint density at radius 2 is 2.43 bits per heavy atom. The van der Waals surface area contributed by atoms with Crippen LogP contribution in [0.4, 0.5) is 5.69 Å². The number of carbonyl (C=O) groups is 1. The first-order chi connectivity index (χ1) is 6.52. The van der Waals surface area contributed by atoms with Crippen LogP contribution >= 0.6 is 0 Å². The van der Waals surface area contributed by atoms with Gasteiger partial charge in [0, 0.05) is 13.1 Å². The van der Waals surface area contributed by atoms with Crippen LogP contribution in [0.3, 0.4) is 0 Å². The molecule has 0 amide bonds. The highest BCUT2D eigenvalue weighted by Crippen LogP contribution is 2.18. The lowest BCUT2D eigenvalue weighted by Gasteiger charge is -2.24. The molecule has 0 aliphatic carbocycles. The summed E-state index contributed by atoms with van der Waals surface area (Å²) in [5.74, 6) is -0.787. The van der Waals surface area contributed by atoms with Crippen LogP contribution in [0.5, 0.6) is 0 Å². The summed E-state index contributed by atoms with van der Waals surface area (Å²) in [5, 5.41) is 15.4. The Morgan fingerprint density at radius 1 is 1.79 bits per heavy atom. The van der Waals surface area contributed by atoms with E-state index in [1.54, 1.807) is 6.20 Å². The highest BCUT2D eigenvalue weighted by molar-refractivity contribution is 5.68. The van der Waals surface area contributed by atoms with Crippen molar-refractivity contribution in [3.8, 4) is 0 Å². The van der Waals surface area contributed by atoms with E-state index >= 15 is 0 Å². The summed E-state index contributed by atoms with van der Waals surface area (Å²) in [6.07, 6.45) is 1.83. The van der Waals surface area contributed by atoms with Gasteiger partial charge in [0.2, 0.25) is 0 Å². The molecular weight excluding hydrogens is 182 g/mol. The van der Waals surface area contributed by atoms with Gasteiger partial charge in [0.05, 0.1) is 24.0 Å². The molecule has 0 fully saturated rings. The van der Waals surface area contributed by atoms with Crippen LogP contribution in [0.2, 0.25) is 0 Å². The maximum Gasteiger partial charge on any atom is 0.305 e. The number of aromatic amines is 1. The van der Waals surface area contributed by atoms with Crippen molar-refractivity contribution in [3.05, 3.63) is 11.9 Å². The SMILES string of the molecule is Cc1[nH]ncc1N(C)C(C)CC(=O)O. The number of aromatic nitrogens is 2. The minimum absolute atomic E-state index is 0.0381. The van der Waals surface area contributed by atoms with Crippen LogP contribution in [0.15, 0.2) is 6.20 Å². The number of anilines is 1. The number of carboxylic acids is 1. The van der Waals surface area contributed by atoms with E-state index in [0.717, 1.165) is 11.4 Å². The molecule has 0 spiro atoms. The normalized spacial score (nSPS) is 12.5. The molecule has 1 aromatic heterocycles. The van der Waals surface area contributed by atoms with Crippen LogP contribution in [-0.2, 0) is 4.79 Å². The number of carboxylic acid groups (broad SMARTS) is 1. The molecular formula is C9H15N3O2. The van der Waals surface area contributed by atoms with Crippen LogP contribution in [0.1, 0.15) is 19.0 Å². The molecule has 0 aliphatic rings. The number of nitrogens with zero attached hydrogens (tertiary/aromatic N) is 2. The van der Waals surface area contributed by atoms with Crippen molar-refractivity contribution in [1.29, 1.82) is 0 Å². The van der Waals surface area contributed by atoms with Crippen molar-refractivity contribution in [3.63, 3.8) is 0 Å². The molecule has 1 aromatic rings. The number of rotatable bonds is 4. The van der Waals surface area contributed by atoms with Crippen molar-refractivity contribution in [2.75, 3.05) is 11.9 Å². The van der Waals surface area contributed by atoms with E-state index in [-0.39, 0.29) is 12.5 Å². The quantitative estimate of drug-likeness (QED) is 0.756. The lowest BCUT2D eigenvalue weighted by molar-refractivity contribution is -0.137. The van der Waals surface area contributed by atoms with Gasteiger partial charge >= 0.3 is 5.97 Å². The number of aryl methyl sites for hydroxylation is 1. The molecule has 1 rings (SSSR count). The first-order valence-electron chi connectivity index (χ1n) is 4.47. The third kappa shape index (κ3) is 2.25. The van der Waals surface area contributed by atoms with Crippen molar-refractivity contribution in [2.45, 2.75) is 26.3 Å². The predicted molar refractivity (Wildman–Crippen MR) is 53.4 cm³/mol. The maximum absolute atomic E-state index is 10.5. The number of H-pyrrole nitrogens is 1. The Bertz CT molecular complexity index is 322. The summed E-state index contributed by atoms with van der Waals surface area (Å²) in [4.78, 5) is 12.4. The van der Waals surface area contributed by atoms with Gasteiger partial charge in [0.15, 0.2) is 0 Å². The Kier molecular flexibility index (Phi) is 3.11. The third-order valence-corrected chi connectivity index (χ3v) is 2.31. The molecule has 1 atom stereocenters. The second-order valence-electron chi connectivity index (χ2n) is 3.44. The molecule has 2 N–H and O–H groups in total. The second-order valence-corrected chi connectivity index (χ2v) is 3.44. The van der Waals surface area contributed by atoms with E-state index in [0.29, 0.717) is 0 Å². The lowest BCUT2D eigenvalue weighted by Crippen LogP contribution is -2.31. The Labute approximate surface area is 82.7 Å². The van der Waals surface area contributed by atoms with Gasteiger partial charge in [0.25, 0.3) is 0 Å². The van der Waals surface area contributed by atoms with Gasteiger partial charge in [-0.3, -0.25) is 9.89 Å². The molecule has 5 heteroatoms. The van der Waals surface area contributed by atoms with Crippen molar-refractivity contribution < 1.29 is 9.90 Å². The number of hydrogen-bond donors (Lipinski definition) is 2. The molecule has 0 saturated carbocycles. The zero-order valence-electron chi connectivity index (χ0n) is 8.61. The van der Waals surface area contributed by atoms with Gasteiger partial charge in [-0.2, -0.15) is 5.10 Å². The Morgan fingerprint density at radius 3 is 2.86 bits per heavy atom. The summed E-state index contributed by atoms with van der Waals surface area (Å²) in [6, 6.07) is -0.0381. The summed E-state index contributed by atoms with van der Waals surface area (Å²) in [7, 11) is 1.87. The second kappa shape index (κ2) is 4.13. The summed E-state index contributed by atoms with van der Waals surface area (Å²) in [5.41, 5.74) is 1.89. The minimum atomic E-state index is -0.787. The molecule has 5 nitrogen and oxygen atoms in total. The standard InChI is InChI=1S/C9H15N3O2/c1-6(4-9(13)14)12(3)8-5-10-11-7(8)2/h5-6H,4H2,1-3H3,(H,10,11)(H,13,14). The van der Waals surface area contributed by atoms with E-state index in [1.165, 1.54) is 0 Å². The average Bonchev–Trinajstić information content (AvgIpc) is 2.48. The zero-order chi connectivity index (χ0) is 10.7. The van der Waals surface area contributed by atoms with Gasteiger partial charge in [-0.15, -0.1) is 0 Å². The fourth-order valence-electron chi connectivity index (χ4n) is 1.33. The fourth-order valence-corrected chi connectivity index (χ4v) is 1.33. The van der Waals surface area contributed by atoms with Gasteiger partial charge in [0.1, 0.15) is 0 Å². The van der Waals surface area contributed by atoms with E-state index in [9.17, 15) is 4.79 Å². The zero-order valence-corrected chi connectivity index (χ0v) is 8.61. The average molecular weight is 197 g/mol. The highest BCUT2D eigenvalue weighted by Gasteiger charge is 2.15. The fraction of sp³-hybridized carbons (Fsp3) is 0.556. The molecule has 0 aromatic carbocycles. The van der Waals surface area contributed by atoms with Crippen LogP contribution in [-0.4, -0.2) is 34.4 Å². The summed E-state index contributed by atoms with van der Waals surface area (Å²) in [6.45, 7) is 3.78. The Balaban J connectivity index is 2.70. The first-order valence-corrected chi connectivity index (χ1v) is 4.47.